The molecule has 7 heteroatoms. The molecule has 1 aromatic heterocycles. The Morgan fingerprint density at radius 3 is 2.67 bits per heavy atom. The first-order chi connectivity index (χ1) is 11.3. The van der Waals surface area contributed by atoms with E-state index >= 15 is 0 Å². The topological polar surface area (TPSA) is 72.5 Å². The van der Waals surface area contributed by atoms with Gasteiger partial charge in [-0.25, -0.2) is 8.42 Å². The summed E-state index contributed by atoms with van der Waals surface area (Å²) in [5, 5.41) is 2.84. The lowest BCUT2D eigenvalue weighted by Gasteiger charge is -2.08. The second-order valence-electron chi connectivity index (χ2n) is 5.53. The number of ether oxygens (including phenoxy) is 1. The van der Waals surface area contributed by atoms with Gasteiger partial charge in [0.05, 0.1) is 10.6 Å². The summed E-state index contributed by atoms with van der Waals surface area (Å²) < 4.78 is 27.6. The fourth-order valence-electron chi connectivity index (χ4n) is 2.15. The normalized spacial score (nSPS) is 11.3. The molecule has 1 amide bonds. The van der Waals surface area contributed by atoms with Crippen molar-refractivity contribution >= 4 is 32.8 Å². The van der Waals surface area contributed by atoms with E-state index < -0.39 is 9.84 Å². The lowest BCUT2D eigenvalue weighted by molar-refractivity contribution is 0.103. The SMILES string of the molecule is CCc1sc(C(=O)Nc2cccc(OCCS(C)(=O)=O)c2)cc1C. The third-order valence-electron chi connectivity index (χ3n) is 3.38. The largest absolute Gasteiger partial charge is 0.492 e. The number of hydrogen-bond donors (Lipinski definition) is 1. The quantitative estimate of drug-likeness (QED) is 0.815. The van der Waals surface area contributed by atoms with Crippen LogP contribution in [0.2, 0.25) is 0 Å². The highest BCUT2D eigenvalue weighted by Gasteiger charge is 2.12. The zero-order valence-corrected chi connectivity index (χ0v) is 15.6. The molecule has 1 aromatic carbocycles. The molecular formula is C17H21NO4S2. The molecule has 0 aliphatic heterocycles. The van der Waals surface area contributed by atoms with Crippen molar-refractivity contribution in [3.8, 4) is 5.75 Å². The van der Waals surface area contributed by atoms with Crippen molar-refractivity contribution in [3.63, 3.8) is 0 Å². The maximum absolute atomic E-state index is 12.3. The fraction of sp³-hybridized carbons (Fsp3) is 0.353. The van der Waals surface area contributed by atoms with Gasteiger partial charge in [0.15, 0.2) is 9.84 Å². The predicted octanol–water partition coefficient (Wildman–Crippen LogP) is 3.29. The Morgan fingerprint density at radius 2 is 2.04 bits per heavy atom. The van der Waals surface area contributed by atoms with Gasteiger partial charge in [-0.2, -0.15) is 0 Å². The molecule has 0 saturated heterocycles. The maximum Gasteiger partial charge on any atom is 0.265 e. The highest BCUT2D eigenvalue weighted by Crippen LogP contribution is 2.24. The molecule has 0 unspecified atom stereocenters. The number of carbonyl (C=O) groups excluding carboxylic acids is 1. The molecule has 24 heavy (non-hydrogen) atoms. The van der Waals surface area contributed by atoms with Crippen molar-refractivity contribution in [2.45, 2.75) is 20.3 Å². The van der Waals surface area contributed by atoms with E-state index in [-0.39, 0.29) is 18.3 Å². The summed E-state index contributed by atoms with van der Waals surface area (Å²) in [6.45, 7) is 4.15. The summed E-state index contributed by atoms with van der Waals surface area (Å²) >= 11 is 1.50. The van der Waals surface area contributed by atoms with Crippen molar-refractivity contribution in [3.05, 3.63) is 45.6 Å². The lowest BCUT2D eigenvalue weighted by Crippen LogP contribution is -2.12. The van der Waals surface area contributed by atoms with Gasteiger partial charge in [0.1, 0.15) is 12.4 Å². The molecule has 0 atom stereocenters. The molecule has 0 aliphatic rings. The number of aryl methyl sites for hydroxylation is 2. The Morgan fingerprint density at radius 1 is 1.29 bits per heavy atom. The number of anilines is 1. The van der Waals surface area contributed by atoms with E-state index in [2.05, 4.69) is 12.2 Å². The number of hydrogen-bond acceptors (Lipinski definition) is 5. The minimum absolute atomic E-state index is 0.0438. The number of sulfone groups is 1. The molecule has 130 valence electrons. The molecule has 0 bridgehead atoms. The van der Waals surface area contributed by atoms with E-state index in [1.54, 1.807) is 24.3 Å². The first-order valence-corrected chi connectivity index (χ1v) is 10.5. The monoisotopic (exact) mass is 367 g/mol. The molecule has 0 radical (unpaired) electrons. The zero-order chi connectivity index (χ0) is 17.7. The Kier molecular flexibility index (Phi) is 6.01. The second-order valence-corrected chi connectivity index (χ2v) is 8.93. The number of benzene rings is 1. The van der Waals surface area contributed by atoms with Gasteiger partial charge in [-0.1, -0.05) is 13.0 Å². The molecule has 5 nitrogen and oxygen atoms in total. The highest BCUT2D eigenvalue weighted by molar-refractivity contribution is 7.90. The van der Waals surface area contributed by atoms with E-state index in [0.717, 1.165) is 12.0 Å². The summed E-state index contributed by atoms with van der Waals surface area (Å²) in [4.78, 5) is 14.2. The molecule has 1 N–H and O–H groups in total. The summed E-state index contributed by atoms with van der Waals surface area (Å²) in [7, 11) is -3.06. The molecule has 2 rings (SSSR count). The zero-order valence-electron chi connectivity index (χ0n) is 14.0. The van der Waals surface area contributed by atoms with Crippen molar-refractivity contribution in [1.82, 2.24) is 0 Å². The Labute approximate surface area is 146 Å². The maximum atomic E-state index is 12.3. The van der Waals surface area contributed by atoms with Gasteiger partial charge in [0.25, 0.3) is 5.91 Å². The Bertz CT molecular complexity index is 825. The van der Waals surface area contributed by atoms with Crippen LogP contribution in [0.5, 0.6) is 5.75 Å². The Hall–Kier alpha value is -1.86. The van der Waals surface area contributed by atoms with Crippen molar-refractivity contribution in [1.29, 1.82) is 0 Å². The van der Waals surface area contributed by atoms with Crippen molar-refractivity contribution in [2.75, 3.05) is 23.9 Å². The van der Waals surface area contributed by atoms with E-state index in [1.165, 1.54) is 22.5 Å². The molecular weight excluding hydrogens is 346 g/mol. The van der Waals surface area contributed by atoms with E-state index in [1.807, 2.05) is 13.0 Å². The first-order valence-electron chi connectivity index (χ1n) is 7.59. The minimum atomic E-state index is -3.06. The number of amides is 1. The minimum Gasteiger partial charge on any atom is -0.492 e. The summed E-state index contributed by atoms with van der Waals surface area (Å²) in [6.07, 6.45) is 2.08. The van der Waals surface area contributed by atoms with Gasteiger partial charge in [-0.05, 0) is 37.1 Å². The Balaban J connectivity index is 2.01. The fourth-order valence-corrected chi connectivity index (χ4v) is 3.55. The highest BCUT2D eigenvalue weighted by atomic mass is 32.2. The van der Waals surface area contributed by atoms with E-state index in [9.17, 15) is 13.2 Å². The average Bonchev–Trinajstić information content (AvgIpc) is 2.87. The van der Waals surface area contributed by atoms with Crippen LogP contribution in [0.15, 0.2) is 30.3 Å². The lowest BCUT2D eigenvalue weighted by atomic mass is 10.2. The summed E-state index contributed by atoms with van der Waals surface area (Å²) in [5.41, 5.74) is 1.74. The second kappa shape index (κ2) is 7.81. The first kappa shape index (κ1) is 18.5. The van der Waals surface area contributed by atoms with Gasteiger partial charge in [-0.3, -0.25) is 4.79 Å². The van der Waals surface area contributed by atoms with Crippen LogP contribution >= 0.6 is 11.3 Å². The molecule has 0 fully saturated rings. The number of nitrogens with one attached hydrogen (secondary N) is 1. The van der Waals surface area contributed by atoms with Gasteiger partial charge in [-0.15, -0.1) is 11.3 Å². The van der Waals surface area contributed by atoms with Gasteiger partial charge >= 0.3 is 0 Å². The number of carbonyl (C=O) groups is 1. The van der Waals surface area contributed by atoms with Crippen LogP contribution in [0.3, 0.4) is 0 Å². The molecule has 0 saturated carbocycles. The standard InChI is InChI=1S/C17H21NO4S2/c1-4-15-12(2)10-16(23-15)17(19)18-13-6-5-7-14(11-13)22-8-9-24(3,20)21/h5-7,10-11H,4,8-9H2,1-3H3,(H,18,19). The van der Waals surface area contributed by atoms with Crippen molar-refractivity contribution < 1.29 is 17.9 Å². The van der Waals surface area contributed by atoms with Crippen LogP contribution in [0.25, 0.3) is 0 Å². The third kappa shape index (κ3) is 5.35. The van der Waals surface area contributed by atoms with E-state index in [0.29, 0.717) is 16.3 Å². The number of thiophene rings is 1. The molecule has 0 aliphatic carbocycles. The van der Waals surface area contributed by atoms with Crippen LogP contribution in [-0.2, 0) is 16.3 Å². The van der Waals surface area contributed by atoms with Gasteiger partial charge in [0.2, 0.25) is 0 Å². The van der Waals surface area contributed by atoms with Crippen LogP contribution in [0, 0.1) is 6.92 Å². The smallest absolute Gasteiger partial charge is 0.265 e. The summed E-state index contributed by atoms with van der Waals surface area (Å²) in [6, 6.07) is 8.82. The van der Waals surface area contributed by atoms with Crippen LogP contribution in [-0.4, -0.2) is 32.9 Å². The number of rotatable bonds is 7. The van der Waals surface area contributed by atoms with Crippen LogP contribution in [0.4, 0.5) is 5.69 Å². The van der Waals surface area contributed by atoms with E-state index in [4.69, 9.17) is 4.74 Å². The van der Waals surface area contributed by atoms with Crippen LogP contribution in [0.1, 0.15) is 27.0 Å². The summed E-state index contributed by atoms with van der Waals surface area (Å²) in [5.74, 6) is 0.321. The molecule has 0 spiro atoms. The van der Waals surface area contributed by atoms with Gasteiger partial charge in [0, 0.05) is 22.9 Å². The van der Waals surface area contributed by atoms with Crippen LogP contribution < -0.4 is 10.1 Å². The third-order valence-corrected chi connectivity index (χ3v) is 5.67. The van der Waals surface area contributed by atoms with Gasteiger partial charge < -0.3 is 10.1 Å². The predicted molar refractivity (Wildman–Crippen MR) is 98.0 cm³/mol. The average molecular weight is 367 g/mol. The molecule has 2 aromatic rings. The van der Waals surface area contributed by atoms with Crippen molar-refractivity contribution in [2.24, 2.45) is 0 Å². The molecule has 1 heterocycles.